The van der Waals surface area contributed by atoms with Gasteiger partial charge in [-0.2, -0.15) is 0 Å². The summed E-state index contributed by atoms with van der Waals surface area (Å²) in [6, 6.07) is 5.96. The number of benzene rings is 1. The van der Waals surface area contributed by atoms with E-state index in [-0.39, 0.29) is 11.4 Å². The Morgan fingerprint density at radius 1 is 1.39 bits per heavy atom. The second-order valence-electron chi connectivity index (χ2n) is 4.49. The molecule has 2 atom stereocenters. The molecule has 0 spiro atoms. The molecule has 2 N–H and O–H groups in total. The molecule has 2 unspecified atom stereocenters. The fourth-order valence-electron chi connectivity index (χ4n) is 1.48. The zero-order valence-corrected chi connectivity index (χ0v) is 12.8. The normalized spacial score (nSPS) is 14.5. The van der Waals surface area contributed by atoms with Crippen LogP contribution in [0.2, 0.25) is 5.02 Å². The zero-order valence-electron chi connectivity index (χ0n) is 11.2. The molecule has 0 saturated heterocycles. The van der Waals surface area contributed by atoms with Gasteiger partial charge in [0.1, 0.15) is 0 Å². The van der Waals surface area contributed by atoms with Gasteiger partial charge in [-0.15, -0.1) is 11.8 Å². The average Bonchev–Trinajstić information content (AvgIpc) is 2.32. The van der Waals surface area contributed by atoms with E-state index in [1.54, 1.807) is 11.8 Å². The maximum atomic E-state index is 9.59. The van der Waals surface area contributed by atoms with E-state index in [2.05, 4.69) is 18.3 Å². The van der Waals surface area contributed by atoms with Crippen molar-refractivity contribution in [3.05, 3.63) is 28.8 Å². The van der Waals surface area contributed by atoms with Crippen LogP contribution in [0.5, 0.6) is 0 Å². The number of hydrogen-bond donors (Lipinski definition) is 2. The van der Waals surface area contributed by atoms with E-state index < -0.39 is 0 Å². The summed E-state index contributed by atoms with van der Waals surface area (Å²) in [5.41, 5.74) is 1.24. The Morgan fingerprint density at radius 3 is 2.72 bits per heavy atom. The highest BCUT2D eigenvalue weighted by molar-refractivity contribution is 8.00. The first-order valence-electron chi connectivity index (χ1n) is 6.38. The van der Waals surface area contributed by atoms with Crippen molar-refractivity contribution in [1.29, 1.82) is 0 Å². The van der Waals surface area contributed by atoms with Crippen molar-refractivity contribution in [2.45, 2.75) is 50.0 Å². The van der Waals surface area contributed by atoms with Gasteiger partial charge >= 0.3 is 0 Å². The molecule has 1 aromatic rings. The van der Waals surface area contributed by atoms with Crippen molar-refractivity contribution in [1.82, 2.24) is 5.32 Å². The number of aliphatic hydroxyl groups is 1. The predicted octanol–water partition coefficient (Wildman–Crippen LogP) is 3.70. The molecule has 0 saturated carbocycles. The van der Waals surface area contributed by atoms with Gasteiger partial charge in [-0.05, 0) is 37.6 Å². The quantitative estimate of drug-likeness (QED) is 0.592. The summed E-state index contributed by atoms with van der Waals surface area (Å²) in [6.45, 7) is 7.86. The third kappa shape index (κ3) is 5.19. The minimum Gasteiger partial charge on any atom is -0.392 e. The van der Waals surface area contributed by atoms with Gasteiger partial charge in [0.2, 0.25) is 0 Å². The summed E-state index contributed by atoms with van der Waals surface area (Å²) in [6.07, 6.45) is 0.797. The Hall–Kier alpha value is -0.220. The molecule has 0 aliphatic rings. The van der Waals surface area contributed by atoms with Gasteiger partial charge in [0, 0.05) is 21.7 Å². The SMILES string of the molecule is CCCNCc1ccc(Cl)cc1SC(C)C(C)O. The van der Waals surface area contributed by atoms with Crippen LogP contribution in [0.15, 0.2) is 23.1 Å². The van der Waals surface area contributed by atoms with E-state index in [1.807, 2.05) is 26.0 Å². The first kappa shape index (κ1) is 15.8. The molecule has 0 bridgehead atoms. The third-order valence-corrected chi connectivity index (χ3v) is 4.40. The average molecular weight is 288 g/mol. The van der Waals surface area contributed by atoms with Crippen molar-refractivity contribution < 1.29 is 5.11 Å². The Balaban J connectivity index is 2.76. The van der Waals surface area contributed by atoms with Gasteiger partial charge in [-0.25, -0.2) is 0 Å². The molecule has 0 aliphatic carbocycles. The number of nitrogens with one attached hydrogen (secondary N) is 1. The molecule has 0 radical (unpaired) electrons. The van der Waals surface area contributed by atoms with Gasteiger partial charge in [0.15, 0.2) is 0 Å². The minimum atomic E-state index is -0.328. The molecule has 1 rings (SSSR count). The summed E-state index contributed by atoms with van der Waals surface area (Å²) in [4.78, 5) is 1.15. The predicted molar refractivity (Wildman–Crippen MR) is 80.4 cm³/mol. The van der Waals surface area contributed by atoms with Gasteiger partial charge in [0.25, 0.3) is 0 Å². The lowest BCUT2D eigenvalue weighted by Gasteiger charge is -2.17. The lowest BCUT2D eigenvalue weighted by Crippen LogP contribution is -2.17. The largest absolute Gasteiger partial charge is 0.392 e. The maximum Gasteiger partial charge on any atom is 0.0631 e. The Kier molecular flexibility index (Phi) is 7.08. The molecular weight excluding hydrogens is 266 g/mol. The van der Waals surface area contributed by atoms with Crippen LogP contribution in [0.4, 0.5) is 0 Å². The van der Waals surface area contributed by atoms with Crippen molar-refractivity contribution in [3.63, 3.8) is 0 Å². The smallest absolute Gasteiger partial charge is 0.0631 e. The molecule has 0 amide bonds. The molecule has 0 aromatic heterocycles. The lowest BCUT2D eigenvalue weighted by molar-refractivity contribution is 0.196. The van der Waals surface area contributed by atoms with E-state index in [4.69, 9.17) is 11.6 Å². The second-order valence-corrected chi connectivity index (χ2v) is 6.35. The highest BCUT2D eigenvalue weighted by Gasteiger charge is 2.13. The Morgan fingerprint density at radius 2 is 2.11 bits per heavy atom. The van der Waals surface area contributed by atoms with Gasteiger partial charge in [0.05, 0.1) is 6.10 Å². The standard InChI is InChI=1S/C14H22ClNOS/c1-4-7-16-9-12-5-6-13(15)8-14(12)18-11(3)10(2)17/h5-6,8,10-11,16-17H,4,7,9H2,1-3H3. The van der Waals surface area contributed by atoms with Gasteiger partial charge in [-0.3, -0.25) is 0 Å². The number of thioether (sulfide) groups is 1. The summed E-state index contributed by atoms with van der Waals surface area (Å²) in [5, 5.41) is 13.9. The highest BCUT2D eigenvalue weighted by Crippen LogP contribution is 2.30. The Bertz CT molecular complexity index is 371. The monoisotopic (exact) mass is 287 g/mol. The van der Waals surface area contributed by atoms with E-state index in [1.165, 1.54) is 5.56 Å². The molecule has 0 aliphatic heterocycles. The van der Waals surface area contributed by atoms with Crippen LogP contribution < -0.4 is 5.32 Å². The number of aliphatic hydroxyl groups excluding tert-OH is 1. The van der Waals surface area contributed by atoms with E-state index >= 15 is 0 Å². The van der Waals surface area contributed by atoms with Crippen molar-refractivity contribution in [2.75, 3.05) is 6.54 Å². The van der Waals surface area contributed by atoms with Crippen LogP contribution in [0.3, 0.4) is 0 Å². The zero-order chi connectivity index (χ0) is 13.5. The topological polar surface area (TPSA) is 32.3 Å². The van der Waals surface area contributed by atoms with E-state index in [0.717, 1.165) is 29.4 Å². The lowest BCUT2D eigenvalue weighted by atomic mass is 10.2. The van der Waals surface area contributed by atoms with E-state index in [0.29, 0.717) is 0 Å². The Labute approximate surface area is 119 Å². The van der Waals surface area contributed by atoms with Crippen molar-refractivity contribution in [3.8, 4) is 0 Å². The van der Waals surface area contributed by atoms with Crippen LogP contribution in [0.1, 0.15) is 32.8 Å². The molecule has 1 aromatic carbocycles. The first-order valence-corrected chi connectivity index (χ1v) is 7.64. The molecule has 102 valence electrons. The van der Waals surface area contributed by atoms with Gasteiger partial charge < -0.3 is 10.4 Å². The number of halogens is 1. The first-order chi connectivity index (χ1) is 8.54. The van der Waals surface area contributed by atoms with Crippen LogP contribution >= 0.6 is 23.4 Å². The van der Waals surface area contributed by atoms with Crippen molar-refractivity contribution >= 4 is 23.4 Å². The summed E-state index contributed by atoms with van der Waals surface area (Å²) >= 11 is 7.72. The maximum absolute atomic E-state index is 9.59. The van der Waals surface area contributed by atoms with Crippen molar-refractivity contribution in [2.24, 2.45) is 0 Å². The fourth-order valence-corrected chi connectivity index (χ4v) is 2.80. The fraction of sp³-hybridized carbons (Fsp3) is 0.571. The molecular formula is C14H22ClNOS. The molecule has 0 heterocycles. The molecule has 4 heteroatoms. The molecule has 18 heavy (non-hydrogen) atoms. The minimum absolute atomic E-state index is 0.161. The molecule has 2 nitrogen and oxygen atoms in total. The van der Waals surface area contributed by atoms with Crippen LogP contribution in [0, 0.1) is 0 Å². The number of hydrogen-bond acceptors (Lipinski definition) is 3. The molecule has 0 fully saturated rings. The summed E-state index contributed by atoms with van der Waals surface area (Å²) in [5.74, 6) is 0. The van der Waals surface area contributed by atoms with Crippen LogP contribution in [-0.4, -0.2) is 23.0 Å². The summed E-state index contributed by atoms with van der Waals surface area (Å²) < 4.78 is 0. The second kappa shape index (κ2) is 8.05. The summed E-state index contributed by atoms with van der Waals surface area (Å²) in [7, 11) is 0. The third-order valence-electron chi connectivity index (χ3n) is 2.76. The van der Waals surface area contributed by atoms with Crippen LogP contribution in [0.25, 0.3) is 0 Å². The number of rotatable bonds is 7. The van der Waals surface area contributed by atoms with Crippen LogP contribution in [-0.2, 0) is 6.54 Å². The van der Waals surface area contributed by atoms with Gasteiger partial charge in [-0.1, -0.05) is 31.5 Å². The van der Waals surface area contributed by atoms with E-state index in [9.17, 15) is 5.11 Å². The highest BCUT2D eigenvalue weighted by atomic mass is 35.5.